The van der Waals surface area contributed by atoms with Crippen LogP contribution < -0.4 is 10.5 Å². The van der Waals surface area contributed by atoms with E-state index in [4.69, 9.17) is 10.5 Å². The van der Waals surface area contributed by atoms with E-state index in [-0.39, 0.29) is 6.04 Å². The Hall–Kier alpha value is -1.84. The lowest BCUT2D eigenvalue weighted by atomic mass is 10.0. The molecular formula is C16H19NO2. The lowest BCUT2D eigenvalue weighted by molar-refractivity contribution is 0.164. The molecule has 3 heteroatoms. The summed E-state index contributed by atoms with van der Waals surface area (Å²) < 4.78 is 5.68. The maximum absolute atomic E-state index is 9.44. The quantitative estimate of drug-likeness (QED) is 0.865. The van der Waals surface area contributed by atoms with Crippen molar-refractivity contribution in [2.75, 3.05) is 0 Å². The van der Waals surface area contributed by atoms with Gasteiger partial charge >= 0.3 is 0 Å². The topological polar surface area (TPSA) is 55.5 Å². The molecule has 0 radical (unpaired) electrons. The SMILES string of the molecule is CC(O)C(N)c1ccc(OCc2ccccc2)cc1. The zero-order chi connectivity index (χ0) is 13.7. The third-order valence-corrected chi connectivity index (χ3v) is 3.03. The van der Waals surface area contributed by atoms with Gasteiger partial charge in [0.1, 0.15) is 12.4 Å². The van der Waals surface area contributed by atoms with Gasteiger partial charge in [0.15, 0.2) is 0 Å². The van der Waals surface area contributed by atoms with E-state index in [0.29, 0.717) is 6.61 Å². The van der Waals surface area contributed by atoms with Crippen molar-refractivity contribution in [3.05, 3.63) is 65.7 Å². The Morgan fingerprint density at radius 2 is 1.68 bits per heavy atom. The van der Waals surface area contributed by atoms with Crippen molar-refractivity contribution in [3.8, 4) is 5.75 Å². The van der Waals surface area contributed by atoms with Crippen LogP contribution in [0.15, 0.2) is 54.6 Å². The first kappa shape index (κ1) is 13.6. The fourth-order valence-corrected chi connectivity index (χ4v) is 1.81. The molecule has 0 heterocycles. The first-order valence-corrected chi connectivity index (χ1v) is 6.37. The molecule has 0 aliphatic carbocycles. The highest BCUT2D eigenvalue weighted by atomic mass is 16.5. The van der Waals surface area contributed by atoms with Crippen LogP contribution in [0.4, 0.5) is 0 Å². The number of aliphatic hydroxyl groups excluding tert-OH is 1. The molecule has 100 valence electrons. The van der Waals surface area contributed by atoms with Crippen molar-refractivity contribution < 1.29 is 9.84 Å². The molecule has 3 nitrogen and oxygen atoms in total. The van der Waals surface area contributed by atoms with Gasteiger partial charge in [0.25, 0.3) is 0 Å². The minimum atomic E-state index is -0.559. The first-order valence-electron chi connectivity index (χ1n) is 6.37. The largest absolute Gasteiger partial charge is 0.489 e. The highest BCUT2D eigenvalue weighted by Crippen LogP contribution is 2.19. The lowest BCUT2D eigenvalue weighted by Gasteiger charge is -2.15. The molecular weight excluding hydrogens is 238 g/mol. The molecule has 0 saturated heterocycles. The average molecular weight is 257 g/mol. The van der Waals surface area contributed by atoms with Gasteiger partial charge in [-0.05, 0) is 30.2 Å². The average Bonchev–Trinajstić information content (AvgIpc) is 2.46. The Labute approximate surface area is 113 Å². The van der Waals surface area contributed by atoms with E-state index >= 15 is 0 Å². The van der Waals surface area contributed by atoms with Crippen molar-refractivity contribution >= 4 is 0 Å². The van der Waals surface area contributed by atoms with Gasteiger partial charge in [-0.3, -0.25) is 0 Å². The van der Waals surface area contributed by atoms with Crippen LogP contribution in [0.1, 0.15) is 24.1 Å². The van der Waals surface area contributed by atoms with Crippen molar-refractivity contribution in [3.63, 3.8) is 0 Å². The van der Waals surface area contributed by atoms with E-state index in [0.717, 1.165) is 16.9 Å². The third-order valence-electron chi connectivity index (χ3n) is 3.03. The summed E-state index contributed by atoms with van der Waals surface area (Å²) >= 11 is 0. The molecule has 0 amide bonds. The summed E-state index contributed by atoms with van der Waals surface area (Å²) in [6.07, 6.45) is -0.559. The number of ether oxygens (including phenoxy) is 1. The molecule has 3 N–H and O–H groups in total. The maximum Gasteiger partial charge on any atom is 0.119 e. The standard InChI is InChI=1S/C16H19NO2/c1-12(18)16(17)14-7-9-15(10-8-14)19-11-13-5-3-2-4-6-13/h2-10,12,16,18H,11,17H2,1H3. The van der Waals surface area contributed by atoms with Gasteiger partial charge in [-0.15, -0.1) is 0 Å². The van der Waals surface area contributed by atoms with Crippen LogP contribution >= 0.6 is 0 Å². The van der Waals surface area contributed by atoms with E-state index in [1.165, 1.54) is 0 Å². The summed E-state index contributed by atoms with van der Waals surface area (Å²) in [4.78, 5) is 0. The van der Waals surface area contributed by atoms with Crippen LogP contribution in [0.2, 0.25) is 0 Å². The summed E-state index contributed by atoms with van der Waals surface area (Å²) in [5.74, 6) is 0.797. The normalized spacial score (nSPS) is 13.8. The van der Waals surface area contributed by atoms with Gasteiger partial charge < -0.3 is 15.6 Å². The summed E-state index contributed by atoms with van der Waals surface area (Å²) in [6, 6.07) is 17.2. The van der Waals surface area contributed by atoms with Crippen LogP contribution in [0, 0.1) is 0 Å². The van der Waals surface area contributed by atoms with Crippen molar-refractivity contribution in [1.82, 2.24) is 0 Å². The highest BCUT2D eigenvalue weighted by molar-refractivity contribution is 5.29. The summed E-state index contributed by atoms with van der Waals surface area (Å²) in [5.41, 5.74) is 7.90. The fourth-order valence-electron chi connectivity index (χ4n) is 1.81. The minimum absolute atomic E-state index is 0.358. The zero-order valence-electron chi connectivity index (χ0n) is 11.0. The van der Waals surface area contributed by atoms with Crippen LogP contribution in [-0.2, 0) is 6.61 Å². The number of hydrogen-bond donors (Lipinski definition) is 2. The van der Waals surface area contributed by atoms with Crippen molar-refractivity contribution in [2.24, 2.45) is 5.73 Å². The Balaban J connectivity index is 1.96. The highest BCUT2D eigenvalue weighted by Gasteiger charge is 2.11. The van der Waals surface area contributed by atoms with Gasteiger partial charge in [-0.2, -0.15) is 0 Å². The Morgan fingerprint density at radius 3 is 2.26 bits per heavy atom. The monoisotopic (exact) mass is 257 g/mol. The lowest BCUT2D eigenvalue weighted by Crippen LogP contribution is -2.22. The zero-order valence-corrected chi connectivity index (χ0v) is 11.0. The number of nitrogens with two attached hydrogens (primary N) is 1. The fraction of sp³-hybridized carbons (Fsp3) is 0.250. The molecule has 19 heavy (non-hydrogen) atoms. The molecule has 2 rings (SSSR count). The molecule has 2 atom stereocenters. The number of hydrogen-bond acceptors (Lipinski definition) is 3. The minimum Gasteiger partial charge on any atom is -0.489 e. The van der Waals surface area contributed by atoms with E-state index < -0.39 is 6.10 Å². The second kappa shape index (κ2) is 6.36. The van der Waals surface area contributed by atoms with Crippen molar-refractivity contribution in [2.45, 2.75) is 25.7 Å². The molecule has 0 bridgehead atoms. The van der Waals surface area contributed by atoms with Gasteiger partial charge in [-0.1, -0.05) is 42.5 Å². The second-order valence-electron chi connectivity index (χ2n) is 4.61. The molecule has 0 saturated carbocycles. The Bertz CT molecular complexity index is 494. The molecule has 0 aliphatic heterocycles. The first-order chi connectivity index (χ1) is 9.16. The van der Waals surface area contributed by atoms with E-state index in [2.05, 4.69) is 0 Å². The maximum atomic E-state index is 9.44. The Kier molecular flexibility index (Phi) is 4.55. The van der Waals surface area contributed by atoms with Crippen LogP contribution in [0.25, 0.3) is 0 Å². The van der Waals surface area contributed by atoms with E-state index in [9.17, 15) is 5.11 Å². The molecule has 2 aromatic rings. The van der Waals surface area contributed by atoms with Gasteiger partial charge in [0, 0.05) is 0 Å². The predicted molar refractivity (Wildman–Crippen MR) is 75.8 cm³/mol. The van der Waals surface area contributed by atoms with Crippen LogP contribution in [0.5, 0.6) is 5.75 Å². The molecule has 0 spiro atoms. The molecule has 2 aromatic carbocycles. The predicted octanol–water partition coefficient (Wildman–Crippen LogP) is 2.65. The smallest absolute Gasteiger partial charge is 0.119 e. The van der Waals surface area contributed by atoms with Gasteiger partial charge in [0.05, 0.1) is 12.1 Å². The van der Waals surface area contributed by atoms with Gasteiger partial charge in [-0.25, -0.2) is 0 Å². The second-order valence-corrected chi connectivity index (χ2v) is 4.61. The summed E-state index contributed by atoms with van der Waals surface area (Å²) in [6.45, 7) is 2.23. The third kappa shape index (κ3) is 3.81. The number of rotatable bonds is 5. The van der Waals surface area contributed by atoms with Gasteiger partial charge in [0.2, 0.25) is 0 Å². The Morgan fingerprint density at radius 1 is 1.05 bits per heavy atom. The number of aliphatic hydroxyl groups is 1. The van der Waals surface area contributed by atoms with E-state index in [1.54, 1.807) is 6.92 Å². The molecule has 0 aromatic heterocycles. The molecule has 0 fully saturated rings. The molecule has 2 unspecified atom stereocenters. The summed E-state index contributed by atoms with van der Waals surface area (Å²) in [5, 5.41) is 9.44. The van der Waals surface area contributed by atoms with Crippen molar-refractivity contribution in [1.29, 1.82) is 0 Å². The number of benzene rings is 2. The van der Waals surface area contributed by atoms with Crippen LogP contribution in [0.3, 0.4) is 0 Å². The van der Waals surface area contributed by atoms with E-state index in [1.807, 2.05) is 54.6 Å². The van der Waals surface area contributed by atoms with Crippen LogP contribution in [-0.4, -0.2) is 11.2 Å². The molecule has 0 aliphatic rings. The summed E-state index contributed by atoms with van der Waals surface area (Å²) in [7, 11) is 0.